The maximum absolute atomic E-state index is 10.9. The summed E-state index contributed by atoms with van der Waals surface area (Å²) >= 11 is 0. The summed E-state index contributed by atoms with van der Waals surface area (Å²) < 4.78 is 0. The molecule has 0 fully saturated rings. The first kappa shape index (κ1) is 15.6. The smallest absolute Gasteiger partial charge is 0.258 e. The summed E-state index contributed by atoms with van der Waals surface area (Å²) in [5.41, 5.74) is -7.01. The van der Waals surface area contributed by atoms with E-state index in [-0.39, 0.29) is 0 Å². The molecule has 0 spiro atoms. The van der Waals surface area contributed by atoms with E-state index in [1.807, 2.05) is 0 Å². The summed E-state index contributed by atoms with van der Waals surface area (Å²) in [4.78, 5) is 37.2. The van der Waals surface area contributed by atoms with Crippen LogP contribution in [0, 0.1) is 40.5 Å². The minimum Gasteiger partial charge on any atom is -0.258 e. The maximum atomic E-state index is 10.9. The number of rotatable bonds is 7. The van der Waals surface area contributed by atoms with Gasteiger partial charge in [-0.15, -0.1) is 0 Å². The second kappa shape index (κ2) is 4.85. The average molecular weight is 266 g/mol. The zero-order valence-electron chi connectivity index (χ0n) is 9.47. The Kier molecular flexibility index (Phi) is 4.20. The van der Waals surface area contributed by atoms with Crippen molar-refractivity contribution >= 4 is 0 Å². The fourth-order valence-corrected chi connectivity index (χ4v) is 1.80. The van der Waals surface area contributed by atoms with Crippen molar-refractivity contribution in [3.05, 3.63) is 40.5 Å². The van der Waals surface area contributed by atoms with Crippen LogP contribution in [0.2, 0.25) is 0 Å². The van der Waals surface area contributed by atoms with Crippen LogP contribution in [-0.2, 0) is 0 Å². The molecular weight excluding hydrogens is 256 g/mol. The molecule has 0 aromatic carbocycles. The summed E-state index contributed by atoms with van der Waals surface area (Å²) in [7, 11) is 0. The van der Waals surface area contributed by atoms with Crippen LogP contribution in [-0.4, -0.2) is 31.0 Å². The van der Waals surface area contributed by atoms with E-state index >= 15 is 0 Å². The third-order valence-corrected chi connectivity index (χ3v) is 2.84. The van der Waals surface area contributed by atoms with E-state index in [0.29, 0.717) is 0 Å². The van der Waals surface area contributed by atoms with Gasteiger partial charge in [0.15, 0.2) is 0 Å². The van der Waals surface area contributed by atoms with Gasteiger partial charge in [0.1, 0.15) is 32.5 Å². The minimum absolute atomic E-state index is 0.920. The third-order valence-electron chi connectivity index (χ3n) is 2.84. The number of nitro groups is 4. The average Bonchev–Trinajstić information content (AvgIpc) is 2.23. The zero-order valence-corrected chi connectivity index (χ0v) is 9.47. The van der Waals surface area contributed by atoms with Crippen LogP contribution in [0.4, 0.5) is 0 Å². The van der Waals surface area contributed by atoms with E-state index in [4.69, 9.17) is 0 Å². The molecule has 0 radical (unpaired) electrons. The van der Waals surface area contributed by atoms with Crippen LogP contribution in [0.15, 0.2) is 0 Å². The third kappa shape index (κ3) is 1.61. The minimum atomic E-state index is -3.51. The largest absolute Gasteiger partial charge is 0.593 e. The van der Waals surface area contributed by atoms with Gasteiger partial charge in [-0.1, -0.05) is 13.8 Å². The van der Waals surface area contributed by atoms with Crippen molar-refractivity contribution in [3.63, 3.8) is 0 Å². The maximum Gasteiger partial charge on any atom is 0.593 e. The quantitative estimate of drug-likeness (QED) is 0.359. The van der Waals surface area contributed by atoms with E-state index in [2.05, 4.69) is 0 Å². The first-order valence-electron chi connectivity index (χ1n) is 4.73. The van der Waals surface area contributed by atoms with Gasteiger partial charge in [-0.05, 0) is 0 Å². The lowest BCUT2D eigenvalue weighted by Gasteiger charge is -2.22. The Labute approximate surface area is 99.2 Å². The molecule has 0 atom stereocenters. The van der Waals surface area contributed by atoms with Crippen LogP contribution in [0.1, 0.15) is 26.7 Å². The van der Waals surface area contributed by atoms with Gasteiger partial charge in [0.05, 0.1) is 0 Å². The Bertz CT molecular complexity index is 340. The Morgan fingerprint density at radius 2 is 0.833 bits per heavy atom. The lowest BCUT2D eigenvalue weighted by molar-refractivity contribution is -0.937. The normalized spacial score (nSPS) is 11.9. The van der Waals surface area contributed by atoms with Crippen molar-refractivity contribution in [3.8, 4) is 0 Å². The second-order valence-electron chi connectivity index (χ2n) is 3.37. The highest BCUT2D eigenvalue weighted by molar-refractivity contribution is 4.83. The molecule has 0 N–H and O–H groups in total. The molecule has 12 heteroatoms. The monoisotopic (exact) mass is 266 g/mol. The Hall–Kier alpha value is -2.40. The van der Waals surface area contributed by atoms with E-state index in [0.717, 1.165) is 13.8 Å². The van der Waals surface area contributed by atoms with Crippen LogP contribution in [0.25, 0.3) is 0 Å². The Morgan fingerprint density at radius 3 is 0.889 bits per heavy atom. The van der Waals surface area contributed by atoms with Crippen molar-refractivity contribution < 1.29 is 19.7 Å². The highest BCUT2D eigenvalue weighted by Gasteiger charge is 2.89. The molecule has 0 amide bonds. The fraction of sp³-hybridized carbons (Fsp3) is 1.00. The van der Waals surface area contributed by atoms with E-state index in [1.54, 1.807) is 0 Å². The van der Waals surface area contributed by atoms with Gasteiger partial charge in [-0.25, -0.2) is 0 Å². The number of hydrogen-bond donors (Lipinski definition) is 0. The van der Waals surface area contributed by atoms with Crippen molar-refractivity contribution in [2.75, 3.05) is 0 Å². The van der Waals surface area contributed by atoms with Crippen molar-refractivity contribution in [2.24, 2.45) is 0 Å². The second-order valence-corrected chi connectivity index (χ2v) is 3.37. The molecular formula is C6H10N4O8. The molecule has 0 aliphatic rings. The van der Waals surface area contributed by atoms with E-state index in [1.165, 1.54) is 0 Å². The molecule has 0 aromatic rings. The van der Waals surface area contributed by atoms with Gasteiger partial charge in [0.2, 0.25) is 0 Å². The lowest BCUT2D eigenvalue weighted by atomic mass is 9.89. The van der Waals surface area contributed by atoms with Crippen LogP contribution < -0.4 is 0 Å². The van der Waals surface area contributed by atoms with Gasteiger partial charge in [-0.2, -0.15) is 0 Å². The van der Waals surface area contributed by atoms with Gasteiger partial charge in [0, 0.05) is 0 Å². The summed E-state index contributed by atoms with van der Waals surface area (Å²) in [6.45, 7) is 1.84. The molecule has 0 aliphatic carbocycles. The highest BCUT2D eigenvalue weighted by atomic mass is 16.7. The summed E-state index contributed by atoms with van der Waals surface area (Å²) in [6, 6.07) is 0. The van der Waals surface area contributed by atoms with E-state index < -0.39 is 43.9 Å². The van der Waals surface area contributed by atoms with Crippen LogP contribution >= 0.6 is 0 Å². The number of hydrogen-bond acceptors (Lipinski definition) is 8. The molecule has 12 nitrogen and oxygen atoms in total. The molecule has 0 unspecified atom stereocenters. The molecule has 0 rings (SSSR count). The van der Waals surface area contributed by atoms with E-state index in [9.17, 15) is 40.5 Å². The predicted molar refractivity (Wildman–Crippen MR) is 54.0 cm³/mol. The lowest BCUT2D eigenvalue weighted by Crippen LogP contribution is -2.70. The summed E-state index contributed by atoms with van der Waals surface area (Å²) in [5.74, 6) is 0. The molecule has 0 aliphatic heterocycles. The van der Waals surface area contributed by atoms with Gasteiger partial charge in [0.25, 0.3) is 0 Å². The van der Waals surface area contributed by atoms with Crippen molar-refractivity contribution in [1.29, 1.82) is 0 Å². The molecule has 0 saturated heterocycles. The van der Waals surface area contributed by atoms with Crippen LogP contribution in [0.5, 0.6) is 0 Å². The van der Waals surface area contributed by atoms with Crippen molar-refractivity contribution in [1.82, 2.24) is 0 Å². The highest BCUT2D eigenvalue weighted by Crippen LogP contribution is 2.36. The van der Waals surface area contributed by atoms with Crippen LogP contribution in [0.3, 0.4) is 0 Å². The fourth-order valence-electron chi connectivity index (χ4n) is 1.80. The summed E-state index contributed by atoms with van der Waals surface area (Å²) in [5, 5.41) is 43.5. The topological polar surface area (TPSA) is 173 Å². The van der Waals surface area contributed by atoms with Crippen molar-refractivity contribution in [2.45, 2.75) is 38.0 Å². The van der Waals surface area contributed by atoms with Gasteiger partial charge in [-0.3, -0.25) is 40.5 Å². The molecule has 18 heavy (non-hydrogen) atoms. The first-order valence-corrected chi connectivity index (χ1v) is 4.73. The standard InChI is InChI=1S/C6H10N4O8/c1-3-5(7(11)12,8(13)14)6(4-2,9(15)16)10(17)18/h3-4H2,1-2H3. The first-order chi connectivity index (χ1) is 8.14. The molecule has 0 aromatic heterocycles. The molecule has 0 saturated carbocycles. The Morgan fingerprint density at radius 1 is 0.667 bits per heavy atom. The molecule has 0 bridgehead atoms. The SMILES string of the molecule is CCC([N+](=O)[O-])([N+](=O)[O-])C(CC)([N+](=O)[O-])[N+](=O)[O-]. The summed E-state index contributed by atoms with van der Waals surface area (Å²) in [6.07, 6.45) is -1.97. The number of nitrogens with zero attached hydrogens (tertiary/aromatic N) is 4. The molecule has 102 valence electrons. The Balaban J connectivity index is 6.46. The van der Waals surface area contributed by atoms with Gasteiger partial charge < -0.3 is 0 Å². The zero-order chi connectivity index (χ0) is 14.7. The molecule has 0 heterocycles. The predicted octanol–water partition coefficient (Wildman–Crippen LogP) is 0.306. The van der Waals surface area contributed by atoms with Gasteiger partial charge >= 0.3 is 11.3 Å².